The van der Waals surface area contributed by atoms with Crippen LogP contribution in [0.4, 0.5) is 13.2 Å². The van der Waals surface area contributed by atoms with Crippen molar-refractivity contribution in [3.05, 3.63) is 78.4 Å². The van der Waals surface area contributed by atoms with Gasteiger partial charge in [-0.3, -0.25) is 4.90 Å². The Balaban J connectivity index is 0.000000384. The lowest BCUT2D eigenvalue weighted by Crippen LogP contribution is -2.43. The highest BCUT2D eigenvalue weighted by molar-refractivity contribution is 5.80. The second kappa shape index (κ2) is 10.9. The van der Waals surface area contributed by atoms with E-state index < -0.39 is 12.1 Å². The van der Waals surface area contributed by atoms with Crippen LogP contribution in [-0.2, 0) is 11.3 Å². The molecule has 0 radical (unpaired) electrons. The van der Waals surface area contributed by atoms with Crippen LogP contribution in [0.15, 0.2) is 72.8 Å². The fourth-order valence-corrected chi connectivity index (χ4v) is 4.00. The maximum atomic E-state index is 10.6. The number of halogens is 3. The van der Waals surface area contributed by atoms with Gasteiger partial charge in [0.15, 0.2) is 0 Å². The van der Waals surface area contributed by atoms with E-state index in [0.29, 0.717) is 0 Å². The molecule has 1 aliphatic heterocycles. The fraction of sp³-hybridized carbons (Fsp3) is 0.259. The topological polar surface area (TPSA) is 72.5 Å². The number of carboxylic acids is 1. The number of benzene rings is 3. The summed E-state index contributed by atoms with van der Waals surface area (Å²) in [6.07, 6.45) is -5.08. The van der Waals surface area contributed by atoms with E-state index in [1.165, 1.54) is 16.7 Å². The van der Waals surface area contributed by atoms with Crippen molar-refractivity contribution in [1.29, 1.82) is 0 Å². The van der Waals surface area contributed by atoms with Gasteiger partial charge in [0.25, 0.3) is 0 Å². The molecule has 9 heteroatoms. The average Bonchev–Trinajstić information content (AvgIpc) is 3.30. The highest BCUT2D eigenvalue weighted by atomic mass is 19.4. The van der Waals surface area contributed by atoms with Crippen molar-refractivity contribution in [1.82, 2.24) is 19.8 Å². The molecular weight excluding hydrogens is 469 g/mol. The first-order valence-corrected chi connectivity index (χ1v) is 11.5. The molecule has 2 heterocycles. The number of likely N-dealkylation sites (N-methyl/N-ethyl adjacent to an activating group) is 1. The van der Waals surface area contributed by atoms with Crippen molar-refractivity contribution in [3.8, 4) is 22.5 Å². The molecule has 36 heavy (non-hydrogen) atoms. The third-order valence-corrected chi connectivity index (χ3v) is 6.06. The summed E-state index contributed by atoms with van der Waals surface area (Å²) >= 11 is 0. The lowest BCUT2D eigenvalue weighted by atomic mass is 10.0. The van der Waals surface area contributed by atoms with Crippen LogP contribution >= 0.6 is 0 Å². The summed E-state index contributed by atoms with van der Waals surface area (Å²) in [5.41, 5.74) is 7.02. The number of carbonyl (C=O) groups is 1. The second-order valence-corrected chi connectivity index (χ2v) is 8.76. The van der Waals surface area contributed by atoms with E-state index in [9.17, 15) is 13.2 Å². The molecule has 0 aliphatic carbocycles. The molecule has 0 spiro atoms. The predicted molar refractivity (Wildman–Crippen MR) is 133 cm³/mol. The highest BCUT2D eigenvalue weighted by Gasteiger charge is 2.38. The zero-order chi connectivity index (χ0) is 25.7. The Labute approximate surface area is 207 Å². The van der Waals surface area contributed by atoms with Crippen molar-refractivity contribution in [2.24, 2.45) is 0 Å². The SMILES string of the molecule is CN1CCN(Cc2ccc(-c3cccc(-c4nc5ccccc5[nH]4)c3)cc2)CC1.O=C(O)C(F)(F)F. The van der Waals surface area contributed by atoms with Crippen LogP contribution in [0.1, 0.15) is 5.56 Å². The number of piperazine rings is 1. The molecule has 1 aliphatic rings. The Kier molecular flexibility index (Phi) is 7.71. The van der Waals surface area contributed by atoms with E-state index in [1.807, 2.05) is 18.2 Å². The zero-order valence-electron chi connectivity index (χ0n) is 19.8. The van der Waals surface area contributed by atoms with E-state index in [1.54, 1.807) is 0 Å². The highest BCUT2D eigenvalue weighted by Crippen LogP contribution is 2.27. The number of aliphatic carboxylic acids is 1. The molecule has 3 aromatic carbocycles. The van der Waals surface area contributed by atoms with Crippen molar-refractivity contribution in [3.63, 3.8) is 0 Å². The number of hydrogen-bond acceptors (Lipinski definition) is 4. The molecule has 5 rings (SSSR count). The molecule has 0 bridgehead atoms. The van der Waals surface area contributed by atoms with Crippen molar-refractivity contribution >= 4 is 17.0 Å². The summed E-state index contributed by atoms with van der Waals surface area (Å²) in [6.45, 7) is 5.65. The van der Waals surface area contributed by atoms with Crippen LogP contribution < -0.4 is 0 Å². The molecule has 6 nitrogen and oxygen atoms in total. The van der Waals surface area contributed by atoms with Gasteiger partial charge in [-0.25, -0.2) is 9.78 Å². The number of aromatic nitrogens is 2. The zero-order valence-corrected chi connectivity index (χ0v) is 19.8. The lowest BCUT2D eigenvalue weighted by molar-refractivity contribution is -0.192. The smallest absolute Gasteiger partial charge is 0.475 e. The number of imidazole rings is 1. The van der Waals surface area contributed by atoms with Gasteiger partial charge < -0.3 is 15.0 Å². The molecule has 0 atom stereocenters. The van der Waals surface area contributed by atoms with E-state index in [0.717, 1.165) is 55.1 Å². The molecule has 4 aromatic rings. The van der Waals surface area contributed by atoms with E-state index in [4.69, 9.17) is 14.9 Å². The Morgan fingerprint density at radius 3 is 2.19 bits per heavy atom. The van der Waals surface area contributed by atoms with Gasteiger partial charge >= 0.3 is 12.1 Å². The number of carboxylic acid groups (broad SMARTS) is 1. The second-order valence-electron chi connectivity index (χ2n) is 8.76. The number of alkyl halides is 3. The number of hydrogen-bond donors (Lipinski definition) is 2. The molecular formula is C27H27F3N4O2. The third kappa shape index (κ3) is 6.50. The summed E-state index contributed by atoms with van der Waals surface area (Å²) in [5.74, 6) is -1.84. The Morgan fingerprint density at radius 2 is 1.56 bits per heavy atom. The summed E-state index contributed by atoms with van der Waals surface area (Å²) in [7, 11) is 2.20. The average molecular weight is 497 g/mol. The lowest BCUT2D eigenvalue weighted by Gasteiger charge is -2.32. The number of para-hydroxylation sites is 2. The van der Waals surface area contributed by atoms with E-state index in [2.05, 4.69) is 76.4 Å². The first kappa shape index (κ1) is 25.4. The number of nitrogens with one attached hydrogen (secondary N) is 1. The number of H-pyrrole nitrogens is 1. The van der Waals surface area contributed by atoms with Gasteiger partial charge in [0.2, 0.25) is 0 Å². The van der Waals surface area contributed by atoms with Crippen LogP contribution in [0.5, 0.6) is 0 Å². The fourth-order valence-electron chi connectivity index (χ4n) is 4.00. The molecule has 1 saturated heterocycles. The number of aromatic amines is 1. The maximum Gasteiger partial charge on any atom is 0.490 e. The minimum absolute atomic E-state index is 0.916. The first-order valence-electron chi connectivity index (χ1n) is 11.5. The summed E-state index contributed by atoms with van der Waals surface area (Å²) in [5, 5.41) is 7.12. The van der Waals surface area contributed by atoms with Gasteiger partial charge in [-0.15, -0.1) is 0 Å². The summed E-state index contributed by atoms with van der Waals surface area (Å²) in [6, 6.07) is 25.8. The van der Waals surface area contributed by atoms with Gasteiger partial charge in [0.05, 0.1) is 11.0 Å². The van der Waals surface area contributed by atoms with Gasteiger partial charge in [-0.05, 0) is 41.9 Å². The van der Waals surface area contributed by atoms with Crippen molar-refractivity contribution in [2.75, 3.05) is 33.2 Å². The monoisotopic (exact) mass is 496 g/mol. The van der Waals surface area contributed by atoms with E-state index >= 15 is 0 Å². The summed E-state index contributed by atoms with van der Waals surface area (Å²) < 4.78 is 31.7. The molecule has 1 aromatic heterocycles. The Bertz CT molecular complexity index is 1280. The Hall–Kier alpha value is -3.69. The molecule has 0 amide bonds. The van der Waals surface area contributed by atoms with Crippen LogP contribution in [0.2, 0.25) is 0 Å². The maximum absolute atomic E-state index is 10.6. The van der Waals surface area contributed by atoms with Crippen molar-refractivity contribution in [2.45, 2.75) is 12.7 Å². The van der Waals surface area contributed by atoms with Crippen molar-refractivity contribution < 1.29 is 23.1 Å². The third-order valence-electron chi connectivity index (χ3n) is 6.06. The van der Waals surface area contributed by atoms with Gasteiger partial charge in [0, 0.05) is 38.3 Å². The summed E-state index contributed by atoms with van der Waals surface area (Å²) in [4.78, 5) is 22.0. The van der Waals surface area contributed by atoms with Gasteiger partial charge in [0.1, 0.15) is 5.82 Å². The predicted octanol–water partition coefficient (Wildman–Crippen LogP) is 5.28. The van der Waals surface area contributed by atoms with Crippen LogP contribution in [0.3, 0.4) is 0 Å². The first-order chi connectivity index (χ1) is 17.2. The molecule has 0 unspecified atom stereocenters. The number of rotatable bonds is 4. The number of nitrogens with zero attached hydrogens (tertiary/aromatic N) is 3. The quantitative estimate of drug-likeness (QED) is 0.402. The molecule has 188 valence electrons. The largest absolute Gasteiger partial charge is 0.490 e. The minimum Gasteiger partial charge on any atom is -0.475 e. The minimum atomic E-state index is -5.08. The molecule has 0 saturated carbocycles. The van der Waals surface area contributed by atoms with Gasteiger partial charge in [-0.2, -0.15) is 13.2 Å². The van der Waals surface area contributed by atoms with Crippen LogP contribution in [0, 0.1) is 0 Å². The molecule has 2 N–H and O–H groups in total. The normalized spacial score (nSPS) is 14.9. The standard InChI is InChI=1S/C25H26N4.C2HF3O2/c1-28-13-15-29(16-14-28)18-19-9-11-20(12-10-19)21-5-4-6-22(17-21)25-26-23-7-2-3-8-24(23)27-25;3-2(4,5)1(6)7/h2-12,17H,13-16,18H2,1H3,(H,26,27);(H,6,7). The van der Waals surface area contributed by atoms with E-state index in [-0.39, 0.29) is 0 Å². The van der Waals surface area contributed by atoms with Crippen LogP contribution in [0.25, 0.3) is 33.5 Å². The Morgan fingerprint density at radius 1 is 0.917 bits per heavy atom. The molecule has 1 fully saturated rings. The number of fused-ring (bicyclic) bond motifs is 1. The van der Waals surface area contributed by atoms with Crippen LogP contribution in [-0.4, -0.2) is 70.2 Å². The van der Waals surface area contributed by atoms with Gasteiger partial charge in [-0.1, -0.05) is 54.6 Å².